The van der Waals surface area contributed by atoms with Crippen LogP contribution in [0.2, 0.25) is 0 Å². The van der Waals surface area contributed by atoms with Gasteiger partial charge in [-0.1, -0.05) is 13.0 Å². The highest BCUT2D eigenvalue weighted by Crippen LogP contribution is 2.29. The molecule has 1 saturated heterocycles. The second-order valence-electron chi connectivity index (χ2n) is 6.13. The summed E-state index contributed by atoms with van der Waals surface area (Å²) >= 11 is 0. The Balaban J connectivity index is 2.09. The molecule has 22 heavy (non-hydrogen) atoms. The van der Waals surface area contributed by atoms with Crippen LogP contribution in [0.3, 0.4) is 0 Å². The molecule has 0 aromatic heterocycles. The van der Waals surface area contributed by atoms with Gasteiger partial charge in [-0.05, 0) is 49.6 Å². The van der Waals surface area contributed by atoms with Crippen LogP contribution in [0.15, 0.2) is 6.07 Å². The number of methoxy groups -OCH3 is 1. The molecule has 122 valence electrons. The average Bonchev–Trinajstić information content (AvgIpc) is 2.53. The second kappa shape index (κ2) is 7.14. The molecule has 1 aromatic rings. The van der Waals surface area contributed by atoms with Crippen LogP contribution < -0.4 is 4.74 Å². The minimum absolute atomic E-state index is 0.239. The fourth-order valence-corrected chi connectivity index (χ4v) is 3.23. The molecule has 1 amide bonds. The van der Waals surface area contributed by atoms with Crippen LogP contribution in [0.25, 0.3) is 0 Å². The van der Waals surface area contributed by atoms with Gasteiger partial charge in [0.05, 0.1) is 13.5 Å². The summed E-state index contributed by atoms with van der Waals surface area (Å²) in [5, 5.41) is 0. The van der Waals surface area contributed by atoms with E-state index in [1.54, 1.807) is 7.11 Å². The van der Waals surface area contributed by atoms with Crippen molar-refractivity contribution in [2.45, 2.75) is 34.1 Å². The standard InChI is InChI=1S/C18H28N2O2/c1-6-19-7-9-20(10-8-19)17(21)12-16-11-13(2)18(22-5)15(4)14(16)3/h11H,6-10,12H2,1-5H3. The van der Waals surface area contributed by atoms with Crippen LogP contribution in [0, 0.1) is 20.8 Å². The number of benzene rings is 1. The molecule has 1 aliphatic rings. The maximum atomic E-state index is 12.6. The molecular weight excluding hydrogens is 276 g/mol. The molecule has 0 saturated carbocycles. The molecule has 0 bridgehead atoms. The first-order chi connectivity index (χ1) is 10.5. The Bertz CT molecular complexity index is 547. The van der Waals surface area contributed by atoms with Gasteiger partial charge in [-0.25, -0.2) is 0 Å². The van der Waals surface area contributed by atoms with E-state index in [4.69, 9.17) is 4.74 Å². The zero-order chi connectivity index (χ0) is 16.3. The number of hydrogen-bond donors (Lipinski definition) is 0. The first-order valence-electron chi connectivity index (χ1n) is 8.11. The van der Waals surface area contributed by atoms with Gasteiger partial charge >= 0.3 is 0 Å². The minimum atomic E-state index is 0.239. The molecule has 2 rings (SSSR count). The quantitative estimate of drug-likeness (QED) is 0.856. The molecule has 0 spiro atoms. The van der Waals surface area contributed by atoms with Gasteiger partial charge in [0.1, 0.15) is 5.75 Å². The smallest absolute Gasteiger partial charge is 0.227 e. The number of likely N-dealkylation sites (N-methyl/N-ethyl adjacent to an activating group) is 1. The molecule has 0 aliphatic carbocycles. The summed E-state index contributed by atoms with van der Waals surface area (Å²) in [7, 11) is 1.70. The van der Waals surface area contributed by atoms with E-state index >= 15 is 0 Å². The number of rotatable bonds is 4. The molecule has 0 radical (unpaired) electrons. The maximum Gasteiger partial charge on any atom is 0.227 e. The second-order valence-corrected chi connectivity index (χ2v) is 6.13. The van der Waals surface area contributed by atoms with Crippen molar-refractivity contribution in [1.82, 2.24) is 9.80 Å². The molecule has 1 aromatic carbocycles. The SMILES string of the molecule is CCN1CCN(C(=O)Cc2cc(C)c(OC)c(C)c2C)CC1. The Hall–Kier alpha value is -1.55. The topological polar surface area (TPSA) is 32.8 Å². The van der Waals surface area contributed by atoms with Crippen LogP contribution in [-0.4, -0.2) is 55.5 Å². The van der Waals surface area contributed by atoms with Crippen molar-refractivity contribution in [1.29, 1.82) is 0 Å². The predicted molar refractivity (Wildman–Crippen MR) is 89.6 cm³/mol. The van der Waals surface area contributed by atoms with Gasteiger partial charge in [0.15, 0.2) is 0 Å². The van der Waals surface area contributed by atoms with E-state index in [9.17, 15) is 4.79 Å². The molecule has 1 heterocycles. The van der Waals surface area contributed by atoms with Gasteiger partial charge in [0, 0.05) is 26.2 Å². The van der Waals surface area contributed by atoms with Gasteiger partial charge in [0.25, 0.3) is 0 Å². The maximum absolute atomic E-state index is 12.6. The molecular formula is C18H28N2O2. The summed E-state index contributed by atoms with van der Waals surface area (Å²) in [5.74, 6) is 1.17. The summed E-state index contributed by atoms with van der Waals surface area (Å²) < 4.78 is 5.46. The van der Waals surface area contributed by atoms with Crippen LogP contribution in [0.5, 0.6) is 5.75 Å². The highest BCUT2D eigenvalue weighted by molar-refractivity contribution is 5.79. The monoisotopic (exact) mass is 304 g/mol. The van der Waals surface area contributed by atoms with Gasteiger partial charge in [-0.2, -0.15) is 0 Å². The number of carbonyl (C=O) groups excluding carboxylic acids is 1. The summed E-state index contributed by atoms with van der Waals surface area (Å²) in [6, 6.07) is 2.10. The van der Waals surface area contributed by atoms with Gasteiger partial charge in [-0.3, -0.25) is 4.79 Å². The van der Waals surface area contributed by atoms with E-state index in [1.165, 1.54) is 5.56 Å². The molecule has 4 nitrogen and oxygen atoms in total. The van der Waals surface area contributed by atoms with Gasteiger partial charge in [0.2, 0.25) is 5.91 Å². The van der Waals surface area contributed by atoms with Crippen LogP contribution >= 0.6 is 0 Å². The third-order valence-electron chi connectivity index (χ3n) is 4.85. The normalized spacial score (nSPS) is 16.0. The number of carbonyl (C=O) groups is 1. The Morgan fingerprint density at radius 1 is 1.14 bits per heavy atom. The zero-order valence-electron chi connectivity index (χ0n) is 14.5. The van der Waals surface area contributed by atoms with Crippen molar-refractivity contribution in [3.63, 3.8) is 0 Å². The molecule has 1 fully saturated rings. The fraction of sp³-hybridized carbons (Fsp3) is 0.611. The molecule has 1 aliphatic heterocycles. The zero-order valence-corrected chi connectivity index (χ0v) is 14.5. The van der Waals surface area contributed by atoms with E-state index in [0.29, 0.717) is 6.42 Å². The highest BCUT2D eigenvalue weighted by atomic mass is 16.5. The van der Waals surface area contributed by atoms with Crippen molar-refractivity contribution >= 4 is 5.91 Å². The van der Waals surface area contributed by atoms with Crippen LogP contribution in [-0.2, 0) is 11.2 Å². The fourth-order valence-electron chi connectivity index (χ4n) is 3.23. The largest absolute Gasteiger partial charge is 0.496 e. The Kier molecular flexibility index (Phi) is 5.46. The van der Waals surface area contributed by atoms with Crippen molar-refractivity contribution < 1.29 is 9.53 Å². The van der Waals surface area contributed by atoms with Crippen molar-refractivity contribution in [2.75, 3.05) is 39.8 Å². The Morgan fingerprint density at radius 2 is 1.77 bits per heavy atom. The van der Waals surface area contributed by atoms with Crippen LogP contribution in [0.1, 0.15) is 29.2 Å². The highest BCUT2D eigenvalue weighted by Gasteiger charge is 2.21. The third-order valence-corrected chi connectivity index (χ3v) is 4.85. The van der Waals surface area contributed by atoms with Gasteiger partial charge in [-0.15, -0.1) is 0 Å². The number of amides is 1. The summed E-state index contributed by atoms with van der Waals surface area (Å²) in [5.41, 5.74) is 4.53. The van der Waals surface area contributed by atoms with Crippen molar-refractivity contribution in [2.24, 2.45) is 0 Å². The first kappa shape index (κ1) is 16.8. The number of aryl methyl sites for hydroxylation is 1. The van der Waals surface area contributed by atoms with E-state index in [-0.39, 0.29) is 5.91 Å². The van der Waals surface area contributed by atoms with E-state index in [0.717, 1.165) is 55.2 Å². The van der Waals surface area contributed by atoms with E-state index in [1.807, 2.05) is 11.8 Å². The predicted octanol–water partition coefficient (Wildman–Crippen LogP) is 2.33. The lowest BCUT2D eigenvalue weighted by Crippen LogP contribution is -2.48. The minimum Gasteiger partial charge on any atom is -0.496 e. The lowest BCUT2D eigenvalue weighted by molar-refractivity contribution is -0.132. The van der Waals surface area contributed by atoms with Crippen molar-refractivity contribution in [3.05, 3.63) is 28.3 Å². The summed E-state index contributed by atoms with van der Waals surface area (Å²) in [4.78, 5) is 17.0. The summed E-state index contributed by atoms with van der Waals surface area (Å²) in [6.45, 7) is 13.1. The third kappa shape index (κ3) is 3.43. The number of ether oxygens (including phenoxy) is 1. The number of nitrogens with zero attached hydrogens (tertiary/aromatic N) is 2. The lowest BCUT2D eigenvalue weighted by atomic mass is 9.96. The molecule has 0 unspecified atom stereocenters. The molecule has 4 heteroatoms. The van der Waals surface area contributed by atoms with Crippen molar-refractivity contribution in [3.8, 4) is 5.75 Å². The molecule has 0 atom stereocenters. The number of piperazine rings is 1. The molecule has 0 N–H and O–H groups in total. The Morgan fingerprint density at radius 3 is 2.32 bits per heavy atom. The summed E-state index contributed by atoms with van der Waals surface area (Å²) in [6.07, 6.45) is 0.490. The lowest BCUT2D eigenvalue weighted by Gasteiger charge is -2.34. The Labute approximate surface area is 134 Å². The van der Waals surface area contributed by atoms with Crippen LogP contribution in [0.4, 0.5) is 0 Å². The van der Waals surface area contributed by atoms with E-state index in [2.05, 4.69) is 31.7 Å². The number of hydrogen-bond acceptors (Lipinski definition) is 3. The average molecular weight is 304 g/mol. The first-order valence-corrected chi connectivity index (χ1v) is 8.11. The van der Waals surface area contributed by atoms with E-state index < -0.39 is 0 Å². The van der Waals surface area contributed by atoms with Gasteiger partial charge < -0.3 is 14.5 Å².